The number of para-hydroxylation sites is 1. The van der Waals surface area contributed by atoms with Gasteiger partial charge in [-0.2, -0.15) is 0 Å². The minimum atomic E-state index is -0.666. The molecule has 0 saturated carbocycles. The van der Waals surface area contributed by atoms with Gasteiger partial charge in [-0.1, -0.05) is 18.2 Å². The molecule has 1 amide bonds. The topological polar surface area (TPSA) is 65.1 Å². The zero-order valence-electron chi connectivity index (χ0n) is 15.9. The minimum absolute atomic E-state index is 0.313. The molecule has 2 aliphatic heterocycles. The second-order valence-electron chi connectivity index (χ2n) is 7.87. The van der Waals surface area contributed by atoms with E-state index in [9.17, 15) is 9.59 Å². The van der Waals surface area contributed by atoms with E-state index < -0.39 is 17.1 Å². The van der Waals surface area contributed by atoms with Crippen LogP contribution in [0.15, 0.2) is 24.3 Å². The van der Waals surface area contributed by atoms with Gasteiger partial charge in [0.05, 0.1) is 12.0 Å². The summed E-state index contributed by atoms with van der Waals surface area (Å²) in [5.74, 6) is 0.394. The smallest absolute Gasteiger partial charge is 0.410 e. The molecule has 1 spiro atoms. The lowest BCUT2D eigenvalue weighted by atomic mass is 9.70. The van der Waals surface area contributed by atoms with Gasteiger partial charge in [0.25, 0.3) is 0 Å². The highest BCUT2D eigenvalue weighted by Crippen LogP contribution is 2.49. The number of carbonyl (C=O) groups is 2. The van der Waals surface area contributed by atoms with E-state index in [0.29, 0.717) is 32.5 Å². The van der Waals surface area contributed by atoms with Crippen LogP contribution in [0.25, 0.3) is 0 Å². The molecule has 0 aliphatic carbocycles. The largest absolute Gasteiger partial charge is 0.477 e. The van der Waals surface area contributed by atoms with Gasteiger partial charge in [0.15, 0.2) is 0 Å². The molecule has 1 unspecified atom stereocenters. The van der Waals surface area contributed by atoms with Gasteiger partial charge in [-0.05, 0) is 46.6 Å². The number of carbonyl (C=O) groups excluding carboxylic acids is 2. The molecule has 1 aromatic carbocycles. The lowest BCUT2D eigenvalue weighted by Crippen LogP contribution is -2.53. The molecule has 0 N–H and O–H groups in total. The number of rotatable bonds is 2. The number of hydrogen-bond donors (Lipinski definition) is 0. The van der Waals surface area contributed by atoms with Crippen LogP contribution in [0.4, 0.5) is 4.79 Å². The Kier molecular flexibility index (Phi) is 4.86. The van der Waals surface area contributed by atoms with Crippen LogP contribution in [0.2, 0.25) is 0 Å². The summed E-state index contributed by atoms with van der Waals surface area (Å²) in [5, 5.41) is 0. The first-order valence-corrected chi connectivity index (χ1v) is 9.17. The zero-order chi connectivity index (χ0) is 18.9. The summed E-state index contributed by atoms with van der Waals surface area (Å²) in [4.78, 5) is 26.6. The first kappa shape index (κ1) is 18.5. The molecule has 2 heterocycles. The molecule has 26 heavy (non-hydrogen) atoms. The maximum Gasteiger partial charge on any atom is 0.410 e. The SMILES string of the molecule is CCOC(=O)C1Oc2ccccc2C12CCN(C(=O)OC(C)(C)C)CC2. The van der Waals surface area contributed by atoms with Crippen molar-refractivity contribution in [2.75, 3.05) is 19.7 Å². The average Bonchev–Trinajstić information content (AvgIpc) is 2.89. The van der Waals surface area contributed by atoms with E-state index in [1.165, 1.54) is 0 Å². The van der Waals surface area contributed by atoms with Crippen molar-refractivity contribution in [2.24, 2.45) is 0 Å². The van der Waals surface area contributed by atoms with Crippen LogP contribution in [0.5, 0.6) is 5.75 Å². The van der Waals surface area contributed by atoms with Crippen LogP contribution in [-0.4, -0.2) is 48.4 Å². The van der Waals surface area contributed by atoms with Gasteiger partial charge in [0.1, 0.15) is 11.4 Å². The summed E-state index contributed by atoms with van der Waals surface area (Å²) >= 11 is 0. The third-order valence-electron chi connectivity index (χ3n) is 4.98. The molecule has 3 rings (SSSR count). The zero-order valence-corrected chi connectivity index (χ0v) is 15.9. The minimum Gasteiger partial charge on any atom is -0.477 e. The van der Waals surface area contributed by atoms with E-state index in [4.69, 9.17) is 14.2 Å². The number of nitrogens with zero attached hydrogens (tertiary/aromatic N) is 1. The van der Waals surface area contributed by atoms with Crippen molar-refractivity contribution in [2.45, 2.75) is 57.7 Å². The standard InChI is InChI=1S/C20H27NO5/c1-5-24-17(22)16-20(14-8-6-7-9-15(14)25-16)10-12-21(13-11-20)18(23)26-19(2,3)4/h6-9,16H,5,10-13H2,1-4H3. The number of hydrogen-bond acceptors (Lipinski definition) is 5. The van der Waals surface area contributed by atoms with Gasteiger partial charge in [-0.15, -0.1) is 0 Å². The van der Waals surface area contributed by atoms with Crippen molar-refractivity contribution >= 4 is 12.1 Å². The number of benzene rings is 1. The van der Waals surface area contributed by atoms with Crippen molar-refractivity contribution in [3.05, 3.63) is 29.8 Å². The van der Waals surface area contributed by atoms with Gasteiger partial charge >= 0.3 is 12.1 Å². The monoisotopic (exact) mass is 361 g/mol. The molecule has 142 valence electrons. The molecular weight excluding hydrogens is 334 g/mol. The van der Waals surface area contributed by atoms with E-state index in [0.717, 1.165) is 11.3 Å². The van der Waals surface area contributed by atoms with E-state index in [1.807, 2.05) is 45.0 Å². The van der Waals surface area contributed by atoms with Crippen LogP contribution in [0, 0.1) is 0 Å². The summed E-state index contributed by atoms with van der Waals surface area (Å²) in [5.41, 5.74) is 0.0475. The summed E-state index contributed by atoms with van der Waals surface area (Å²) in [7, 11) is 0. The Bertz CT molecular complexity index is 686. The van der Waals surface area contributed by atoms with Crippen LogP contribution in [-0.2, 0) is 19.7 Å². The van der Waals surface area contributed by atoms with Crippen LogP contribution in [0.3, 0.4) is 0 Å². The highest BCUT2D eigenvalue weighted by atomic mass is 16.6. The van der Waals surface area contributed by atoms with Crippen molar-refractivity contribution in [1.29, 1.82) is 0 Å². The molecular formula is C20H27NO5. The summed E-state index contributed by atoms with van der Waals surface area (Å²) < 4.78 is 16.7. The van der Waals surface area contributed by atoms with Crippen molar-refractivity contribution in [3.63, 3.8) is 0 Å². The Balaban J connectivity index is 1.81. The summed E-state index contributed by atoms with van der Waals surface area (Å²) in [6.45, 7) is 8.70. The van der Waals surface area contributed by atoms with E-state index >= 15 is 0 Å². The lowest BCUT2D eigenvalue weighted by Gasteiger charge is -2.41. The second kappa shape index (κ2) is 6.82. The van der Waals surface area contributed by atoms with Gasteiger partial charge in [0.2, 0.25) is 6.10 Å². The van der Waals surface area contributed by atoms with Gasteiger partial charge < -0.3 is 19.1 Å². The molecule has 1 saturated heterocycles. The number of esters is 1. The maximum absolute atomic E-state index is 12.5. The van der Waals surface area contributed by atoms with E-state index in [2.05, 4.69) is 0 Å². The number of fused-ring (bicyclic) bond motifs is 2. The number of ether oxygens (including phenoxy) is 3. The molecule has 1 aromatic rings. The van der Waals surface area contributed by atoms with Crippen molar-refractivity contribution in [1.82, 2.24) is 4.90 Å². The molecule has 6 nitrogen and oxygen atoms in total. The molecule has 0 radical (unpaired) electrons. The van der Waals surface area contributed by atoms with E-state index in [1.54, 1.807) is 11.8 Å². The Morgan fingerprint density at radius 1 is 1.23 bits per heavy atom. The number of likely N-dealkylation sites (tertiary alicyclic amines) is 1. The molecule has 1 fully saturated rings. The number of piperidine rings is 1. The quantitative estimate of drug-likeness (QED) is 0.757. The highest BCUT2D eigenvalue weighted by Gasteiger charge is 2.54. The summed E-state index contributed by atoms with van der Waals surface area (Å²) in [6, 6.07) is 7.75. The molecule has 0 bridgehead atoms. The normalized spacial score (nSPS) is 21.1. The maximum atomic E-state index is 12.5. The van der Waals surface area contributed by atoms with Crippen LogP contribution >= 0.6 is 0 Å². The van der Waals surface area contributed by atoms with Gasteiger partial charge in [0, 0.05) is 18.7 Å². The van der Waals surface area contributed by atoms with Crippen LogP contribution in [0.1, 0.15) is 46.1 Å². The fraction of sp³-hybridized carbons (Fsp3) is 0.600. The Hall–Kier alpha value is -2.24. The summed E-state index contributed by atoms with van der Waals surface area (Å²) in [6.07, 6.45) is 0.285. The Morgan fingerprint density at radius 3 is 2.50 bits per heavy atom. The van der Waals surface area contributed by atoms with Gasteiger partial charge in [-0.25, -0.2) is 9.59 Å². The predicted molar refractivity (Wildman–Crippen MR) is 96.2 cm³/mol. The Morgan fingerprint density at radius 2 is 1.88 bits per heavy atom. The van der Waals surface area contributed by atoms with Gasteiger partial charge in [-0.3, -0.25) is 0 Å². The first-order valence-electron chi connectivity index (χ1n) is 9.17. The molecule has 2 aliphatic rings. The second-order valence-corrected chi connectivity index (χ2v) is 7.87. The predicted octanol–water partition coefficient (Wildman–Crippen LogP) is 3.28. The first-order chi connectivity index (χ1) is 12.3. The molecule has 0 aromatic heterocycles. The molecule has 1 atom stereocenters. The third kappa shape index (κ3) is 3.37. The molecule has 6 heteroatoms. The Labute approximate surface area is 154 Å². The van der Waals surface area contributed by atoms with Crippen molar-refractivity contribution in [3.8, 4) is 5.75 Å². The number of amides is 1. The third-order valence-corrected chi connectivity index (χ3v) is 4.98. The van der Waals surface area contributed by atoms with E-state index in [-0.39, 0.29) is 12.1 Å². The fourth-order valence-corrected chi connectivity index (χ4v) is 3.80. The highest BCUT2D eigenvalue weighted by molar-refractivity contribution is 5.80. The van der Waals surface area contributed by atoms with Crippen LogP contribution < -0.4 is 4.74 Å². The lowest BCUT2D eigenvalue weighted by molar-refractivity contribution is -0.154. The average molecular weight is 361 g/mol. The fourth-order valence-electron chi connectivity index (χ4n) is 3.80. The van der Waals surface area contributed by atoms with Crippen molar-refractivity contribution < 1.29 is 23.8 Å².